The van der Waals surface area contributed by atoms with Gasteiger partial charge in [0.15, 0.2) is 0 Å². The number of amides is 3. The predicted molar refractivity (Wildman–Crippen MR) is 170 cm³/mol. The highest BCUT2D eigenvalue weighted by Crippen LogP contribution is 2.34. The zero-order valence-electron chi connectivity index (χ0n) is 24.6. The Balaban J connectivity index is 1.53. The number of fused-ring (bicyclic) bond motifs is 1. The summed E-state index contributed by atoms with van der Waals surface area (Å²) in [4.78, 5) is 30.2. The molecule has 230 valence electrons. The molecule has 3 aromatic carbocycles. The number of hydrogen-bond donors (Lipinski definition) is 2. The van der Waals surface area contributed by atoms with Crippen molar-refractivity contribution >= 4 is 56.2 Å². The Labute approximate surface area is 257 Å². The second-order valence-corrected chi connectivity index (χ2v) is 14.6. The van der Waals surface area contributed by atoms with E-state index in [-0.39, 0.29) is 28.6 Å². The number of carbonyl (C=O) groups excluding carboxylic acids is 2. The number of ether oxygens (including phenoxy) is 1. The van der Waals surface area contributed by atoms with E-state index in [9.17, 15) is 26.4 Å². The maximum absolute atomic E-state index is 14.1. The quantitative estimate of drug-likeness (QED) is 0.144. The van der Waals surface area contributed by atoms with Gasteiger partial charge in [-0.15, -0.1) is 0 Å². The molecule has 0 bridgehead atoms. The minimum atomic E-state index is -4.70. The van der Waals surface area contributed by atoms with Crippen molar-refractivity contribution < 1.29 is 31.2 Å². The third-order valence-electron chi connectivity index (χ3n) is 7.76. The Kier molecular flexibility index (Phi) is 8.61. The molecule has 11 nitrogen and oxygen atoms in total. The van der Waals surface area contributed by atoms with Gasteiger partial charge >= 0.3 is 6.03 Å². The summed E-state index contributed by atoms with van der Waals surface area (Å²) in [6.45, 7) is 3.86. The number of unbranched alkanes of at least 4 members (excludes halogenated alkanes) is 1. The summed E-state index contributed by atoms with van der Waals surface area (Å²) in [5.74, 6) is -0.682. The normalized spacial score (nSPS) is 15.8. The molecule has 1 fully saturated rings. The molecule has 3 amide bonds. The smallest absolute Gasteiger partial charge is 0.355 e. The van der Waals surface area contributed by atoms with E-state index in [0.29, 0.717) is 33.4 Å². The van der Waals surface area contributed by atoms with Crippen molar-refractivity contribution in [3.05, 3.63) is 83.6 Å². The average molecular weight is 637 g/mol. The minimum absolute atomic E-state index is 0.102. The van der Waals surface area contributed by atoms with Crippen LogP contribution in [0.25, 0.3) is 10.9 Å². The number of benzene rings is 3. The van der Waals surface area contributed by atoms with Crippen molar-refractivity contribution in [2.45, 2.75) is 44.0 Å². The number of H-pyrrole nitrogens is 1. The lowest BCUT2D eigenvalue weighted by Crippen LogP contribution is -2.42. The molecule has 5 rings (SSSR count). The van der Waals surface area contributed by atoms with Crippen LogP contribution in [0.15, 0.2) is 71.8 Å². The first-order valence-electron chi connectivity index (χ1n) is 14.1. The van der Waals surface area contributed by atoms with Gasteiger partial charge in [0.2, 0.25) is 10.0 Å². The number of urea groups is 1. The second kappa shape index (κ2) is 12.1. The molecule has 0 spiro atoms. The summed E-state index contributed by atoms with van der Waals surface area (Å²) >= 11 is 0. The largest absolute Gasteiger partial charge is 0.457 e. The van der Waals surface area contributed by atoms with Crippen molar-refractivity contribution in [3.8, 4) is 11.5 Å². The Morgan fingerprint density at radius 3 is 2.41 bits per heavy atom. The fourth-order valence-electron chi connectivity index (χ4n) is 5.19. The third-order valence-corrected chi connectivity index (χ3v) is 11.2. The van der Waals surface area contributed by atoms with Gasteiger partial charge in [-0.25, -0.2) is 25.9 Å². The summed E-state index contributed by atoms with van der Waals surface area (Å²) in [5, 5.41) is 0.720. The van der Waals surface area contributed by atoms with Crippen molar-refractivity contribution in [3.63, 3.8) is 0 Å². The maximum atomic E-state index is 14.1. The number of sulfonamides is 2. The minimum Gasteiger partial charge on any atom is -0.457 e. The fraction of sp³-hybridized carbons (Fsp3) is 0.267. The number of nitrogens with zero attached hydrogens (tertiary/aromatic N) is 2. The zero-order valence-corrected chi connectivity index (χ0v) is 26.2. The molecule has 2 heterocycles. The van der Waals surface area contributed by atoms with Crippen molar-refractivity contribution in [2.24, 2.45) is 5.73 Å². The number of aryl methyl sites for hydroxylation is 2. The molecule has 0 radical (unpaired) electrons. The first-order chi connectivity index (χ1) is 20.8. The van der Waals surface area contributed by atoms with Crippen LogP contribution in [0.4, 0.5) is 4.79 Å². The summed E-state index contributed by atoms with van der Waals surface area (Å²) < 4.78 is 61.1. The predicted octanol–water partition coefficient (Wildman–Crippen LogP) is 2.47. The maximum Gasteiger partial charge on any atom is 0.355 e. The first-order valence-corrected chi connectivity index (χ1v) is 17.2. The van der Waals surface area contributed by atoms with Crippen LogP contribution in [0.1, 0.15) is 29.5 Å². The van der Waals surface area contributed by atoms with Gasteiger partial charge in [0.1, 0.15) is 25.4 Å². The van der Waals surface area contributed by atoms with Crippen LogP contribution in [-0.2, 0) is 31.3 Å². The van der Waals surface area contributed by atoms with Gasteiger partial charge in [0.25, 0.3) is 15.9 Å². The zero-order chi connectivity index (χ0) is 31.8. The summed E-state index contributed by atoms with van der Waals surface area (Å²) in [6.07, 6.45) is 1.85. The Hall–Kier alpha value is -4.14. The van der Waals surface area contributed by atoms with Crippen molar-refractivity contribution in [1.82, 2.24) is 13.6 Å². The van der Waals surface area contributed by atoms with E-state index >= 15 is 0 Å². The Morgan fingerprint density at radius 1 is 0.955 bits per heavy atom. The van der Waals surface area contributed by atoms with Crippen LogP contribution in [0.5, 0.6) is 11.5 Å². The molecule has 1 atom stereocenters. The van der Waals surface area contributed by atoms with Gasteiger partial charge in [0.05, 0.1) is 10.6 Å². The van der Waals surface area contributed by atoms with E-state index in [4.69, 9.17) is 10.5 Å². The number of para-hydroxylation sites is 1. The number of rotatable bonds is 11. The van der Waals surface area contributed by atoms with Gasteiger partial charge in [-0.05, 0) is 80.8 Å². The van der Waals surface area contributed by atoms with Gasteiger partial charge in [-0.1, -0.05) is 35.3 Å². The standard InChI is InChI=1S/C30H33BN4O7S2/c1-19-9-10-22(17-25(19)31)42-28-12-11-23(15-20(28)2)44(40,41)34-27(16-21-18-33-26-8-4-3-7-24(21)26)29(36)35(30(34)37)43(38,39)14-6-5-13-32/h3-4,7-12,15,17-18,27,33H,5-6,13-14,16,31-32H2,1-2H3. The van der Waals surface area contributed by atoms with E-state index < -0.39 is 43.8 Å². The molecule has 3 N–H and O–H groups in total. The number of nitrogens with one attached hydrogen (secondary N) is 1. The van der Waals surface area contributed by atoms with Gasteiger partial charge in [0, 0.05) is 23.5 Å². The van der Waals surface area contributed by atoms with E-state index in [2.05, 4.69) is 4.98 Å². The van der Waals surface area contributed by atoms with Crippen LogP contribution in [-0.4, -0.2) is 68.6 Å². The second-order valence-electron chi connectivity index (χ2n) is 10.9. The Morgan fingerprint density at radius 2 is 1.70 bits per heavy atom. The molecule has 1 aliphatic heterocycles. The van der Waals surface area contributed by atoms with Crippen molar-refractivity contribution in [1.29, 1.82) is 0 Å². The average Bonchev–Trinajstić information content (AvgIpc) is 3.49. The number of imide groups is 1. The number of hydrogen-bond acceptors (Lipinski definition) is 8. The summed E-state index contributed by atoms with van der Waals surface area (Å²) in [5.41, 5.74) is 9.38. The lowest BCUT2D eigenvalue weighted by Gasteiger charge is -2.22. The van der Waals surface area contributed by atoms with Crippen LogP contribution >= 0.6 is 0 Å². The van der Waals surface area contributed by atoms with Gasteiger partial charge in [-0.2, -0.15) is 4.31 Å². The number of nitrogens with two attached hydrogens (primary N) is 1. The topological polar surface area (TPSA) is 160 Å². The van der Waals surface area contributed by atoms with Crippen molar-refractivity contribution in [2.75, 3.05) is 12.3 Å². The molecule has 4 aromatic rings. The molecule has 0 saturated carbocycles. The molecule has 1 aliphatic rings. The van der Waals surface area contributed by atoms with Crippen LogP contribution in [0.2, 0.25) is 0 Å². The lowest BCUT2D eigenvalue weighted by atomic mass is 9.91. The molecule has 0 aliphatic carbocycles. The SMILES string of the molecule is Bc1cc(Oc2ccc(S(=O)(=O)N3C(=O)N(S(=O)(=O)CCCCN)C(=O)C3Cc3c[nH]c4ccccc34)cc2C)ccc1C. The third kappa shape index (κ3) is 5.84. The van der Waals surface area contributed by atoms with E-state index in [1.807, 2.05) is 39.0 Å². The highest BCUT2D eigenvalue weighted by molar-refractivity contribution is 7.91. The van der Waals surface area contributed by atoms with Gasteiger partial charge < -0.3 is 15.5 Å². The monoisotopic (exact) mass is 636 g/mol. The number of aromatic nitrogens is 1. The van der Waals surface area contributed by atoms with Crippen LogP contribution in [0, 0.1) is 13.8 Å². The van der Waals surface area contributed by atoms with E-state index in [1.165, 1.54) is 18.2 Å². The molecule has 14 heteroatoms. The highest BCUT2D eigenvalue weighted by atomic mass is 32.2. The first kappa shape index (κ1) is 31.3. The van der Waals surface area contributed by atoms with E-state index in [0.717, 1.165) is 21.9 Å². The molecule has 1 aromatic heterocycles. The number of carbonyl (C=O) groups is 2. The van der Waals surface area contributed by atoms with E-state index in [1.54, 1.807) is 31.3 Å². The molecule has 1 unspecified atom stereocenters. The molecule has 1 saturated heterocycles. The Bertz CT molecular complexity index is 1980. The fourth-order valence-corrected chi connectivity index (χ4v) is 8.30. The lowest BCUT2D eigenvalue weighted by molar-refractivity contribution is -0.124. The van der Waals surface area contributed by atoms with Crippen LogP contribution < -0.4 is 15.9 Å². The molecule has 44 heavy (non-hydrogen) atoms. The summed E-state index contributed by atoms with van der Waals surface area (Å²) in [7, 11) is -7.22. The number of aromatic amines is 1. The van der Waals surface area contributed by atoms with Gasteiger partial charge in [-0.3, -0.25) is 4.79 Å². The molecular weight excluding hydrogens is 603 g/mol. The molecular formula is C30H33BN4O7S2. The highest BCUT2D eigenvalue weighted by Gasteiger charge is 2.55. The summed E-state index contributed by atoms with van der Waals surface area (Å²) in [6, 6.07) is 13.8. The van der Waals surface area contributed by atoms with Crippen LogP contribution in [0.3, 0.4) is 0 Å².